The summed E-state index contributed by atoms with van der Waals surface area (Å²) in [4.78, 5) is 24.3. The molecule has 0 saturated heterocycles. The molecule has 5 heteroatoms. The summed E-state index contributed by atoms with van der Waals surface area (Å²) in [5, 5.41) is 8.91. The predicted octanol–water partition coefficient (Wildman–Crippen LogP) is 1.70. The second-order valence-corrected chi connectivity index (χ2v) is 4.77. The van der Waals surface area contributed by atoms with Crippen molar-refractivity contribution in [3.05, 3.63) is 23.8 Å². The number of carbonyl (C=O) groups excluding carboxylic acids is 1. The molecule has 1 atom stereocenters. The van der Waals surface area contributed by atoms with Crippen LogP contribution in [0.4, 0.5) is 5.69 Å². The standard InChI is InChI=1S/C14H17NO4/c1-9(16)15-8-10(7-13(17)18)6-11-4-3-5-12(19-2)14(11)15/h3-5,10H,6-8H2,1-2H3,(H,17,18). The van der Waals surface area contributed by atoms with E-state index < -0.39 is 5.97 Å². The van der Waals surface area contributed by atoms with Crippen molar-refractivity contribution in [2.24, 2.45) is 5.92 Å². The van der Waals surface area contributed by atoms with Gasteiger partial charge in [-0.3, -0.25) is 9.59 Å². The van der Waals surface area contributed by atoms with Crippen molar-refractivity contribution in [3.8, 4) is 5.75 Å². The van der Waals surface area contributed by atoms with Crippen molar-refractivity contribution in [1.82, 2.24) is 0 Å². The van der Waals surface area contributed by atoms with Gasteiger partial charge in [-0.1, -0.05) is 12.1 Å². The van der Waals surface area contributed by atoms with Crippen molar-refractivity contribution < 1.29 is 19.4 Å². The quantitative estimate of drug-likeness (QED) is 0.901. The summed E-state index contributed by atoms with van der Waals surface area (Å²) >= 11 is 0. The largest absolute Gasteiger partial charge is 0.495 e. The highest BCUT2D eigenvalue weighted by Gasteiger charge is 2.30. The number of benzene rings is 1. The Morgan fingerprint density at radius 3 is 2.79 bits per heavy atom. The number of amides is 1. The molecule has 1 unspecified atom stereocenters. The van der Waals surface area contributed by atoms with Crippen molar-refractivity contribution in [1.29, 1.82) is 0 Å². The maximum Gasteiger partial charge on any atom is 0.303 e. The summed E-state index contributed by atoms with van der Waals surface area (Å²) in [6.07, 6.45) is 0.725. The first-order valence-electron chi connectivity index (χ1n) is 6.18. The molecule has 0 saturated carbocycles. The van der Waals surface area contributed by atoms with Crippen molar-refractivity contribution in [3.63, 3.8) is 0 Å². The highest BCUT2D eigenvalue weighted by Crippen LogP contribution is 2.38. The van der Waals surface area contributed by atoms with Gasteiger partial charge in [-0.05, 0) is 24.0 Å². The average molecular weight is 263 g/mol. The van der Waals surface area contributed by atoms with E-state index >= 15 is 0 Å². The molecule has 0 fully saturated rings. The molecule has 2 rings (SSSR count). The highest BCUT2D eigenvalue weighted by atomic mass is 16.5. The topological polar surface area (TPSA) is 66.8 Å². The molecule has 0 aliphatic carbocycles. The fraction of sp³-hybridized carbons (Fsp3) is 0.429. The third-order valence-corrected chi connectivity index (χ3v) is 3.37. The van der Waals surface area contributed by atoms with Crippen LogP contribution in [0.1, 0.15) is 18.9 Å². The normalized spacial score (nSPS) is 17.8. The molecule has 1 amide bonds. The third kappa shape index (κ3) is 2.70. The van der Waals surface area contributed by atoms with Gasteiger partial charge in [0.25, 0.3) is 0 Å². The summed E-state index contributed by atoms with van der Waals surface area (Å²) in [7, 11) is 1.57. The first-order chi connectivity index (χ1) is 9.02. The maximum atomic E-state index is 11.8. The summed E-state index contributed by atoms with van der Waals surface area (Å²) in [6, 6.07) is 5.59. The Bertz CT molecular complexity index is 512. The van der Waals surface area contributed by atoms with Crippen LogP contribution in [0.25, 0.3) is 0 Å². The van der Waals surface area contributed by atoms with Crippen LogP contribution in [-0.4, -0.2) is 30.6 Å². The molecule has 1 aliphatic heterocycles. The van der Waals surface area contributed by atoms with E-state index in [9.17, 15) is 9.59 Å². The SMILES string of the molecule is COc1cccc2c1N(C(C)=O)CC(CC(=O)O)C2. The number of anilines is 1. The van der Waals surface area contributed by atoms with Gasteiger partial charge in [0.1, 0.15) is 5.75 Å². The lowest BCUT2D eigenvalue weighted by Gasteiger charge is -2.34. The number of aliphatic carboxylic acids is 1. The Morgan fingerprint density at radius 1 is 1.47 bits per heavy atom. The van der Waals surface area contributed by atoms with Gasteiger partial charge >= 0.3 is 5.97 Å². The highest BCUT2D eigenvalue weighted by molar-refractivity contribution is 5.95. The number of rotatable bonds is 3. The van der Waals surface area contributed by atoms with Crippen LogP contribution in [0.3, 0.4) is 0 Å². The monoisotopic (exact) mass is 263 g/mol. The molecule has 0 bridgehead atoms. The van der Waals surface area contributed by atoms with E-state index in [0.29, 0.717) is 18.7 Å². The summed E-state index contributed by atoms with van der Waals surface area (Å²) in [5.41, 5.74) is 1.74. The number of carboxylic acids is 1. The van der Waals surface area contributed by atoms with E-state index in [1.54, 1.807) is 12.0 Å². The van der Waals surface area contributed by atoms with Gasteiger partial charge in [0.15, 0.2) is 0 Å². The second kappa shape index (κ2) is 5.30. The van der Waals surface area contributed by atoms with Crippen LogP contribution in [-0.2, 0) is 16.0 Å². The third-order valence-electron chi connectivity index (χ3n) is 3.37. The van der Waals surface area contributed by atoms with Crippen LogP contribution in [0, 0.1) is 5.92 Å². The van der Waals surface area contributed by atoms with E-state index in [0.717, 1.165) is 11.3 Å². The minimum absolute atomic E-state index is 0.0546. The Kier molecular flexibility index (Phi) is 3.74. The number of para-hydroxylation sites is 1. The van der Waals surface area contributed by atoms with Crippen LogP contribution < -0.4 is 9.64 Å². The maximum absolute atomic E-state index is 11.8. The smallest absolute Gasteiger partial charge is 0.303 e. The van der Waals surface area contributed by atoms with E-state index in [4.69, 9.17) is 9.84 Å². The van der Waals surface area contributed by atoms with E-state index in [1.165, 1.54) is 6.92 Å². The van der Waals surface area contributed by atoms with Crippen molar-refractivity contribution >= 4 is 17.6 Å². The number of hydrogen-bond acceptors (Lipinski definition) is 3. The first kappa shape index (κ1) is 13.4. The lowest BCUT2D eigenvalue weighted by atomic mass is 9.89. The van der Waals surface area contributed by atoms with Gasteiger partial charge in [-0.2, -0.15) is 0 Å². The molecule has 1 aromatic carbocycles. The van der Waals surface area contributed by atoms with Gasteiger partial charge in [-0.15, -0.1) is 0 Å². The number of fused-ring (bicyclic) bond motifs is 1. The Labute approximate surface area is 111 Å². The second-order valence-electron chi connectivity index (χ2n) is 4.77. The molecule has 102 valence electrons. The van der Waals surface area contributed by atoms with Gasteiger partial charge in [0, 0.05) is 13.5 Å². The number of carboxylic acid groups (broad SMARTS) is 1. The summed E-state index contributed by atoms with van der Waals surface area (Å²) in [6.45, 7) is 1.91. The minimum atomic E-state index is -0.833. The zero-order valence-electron chi connectivity index (χ0n) is 11.0. The molecule has 19 heavy (non-hydrogen) atoms. The molecule has 0 radical (unpaired) electrons. The lowest BCUT2D eigenvalue weighted by Crippen LogP contribution is -2.39. The molecular weight excluding hydrogens is 246 g/mol. The van der Waals surface area contributed by atoms with E-state index in [1.807, 2.05) is 18.2 Å². The molecule has 0 aromatic heterocycles. The molecule has 1 N–H and O–H groups in total. The van der Waals surface area contributed by atoms with Crippen LogP contribution in [0.2, 0.25) is 0 Å². The Hall–Kier alpha value is -2.04. The van der Waals surface area contributed by atoms with Gasteiger partial charge in [0.05, 0.1) is 19.2 Å². The molecule has 1 aromatic rings. The first-order valence-corrected chi connectivity index (χ1v) is 6.18. The fourth-order valence-corrected chi connectivity index (χ4v) is 2.60. The van der Waals surface area contributed by atoms with E-state index in [-0.39, 0.29) is 18.2 Å². The molecular formula is C14H17NO4. The number of nitrogens with zero attached hydrogens (tertiary/aromatic N) is 1. The van der Waals surface area contributed by atoms with E-state index in [2.05, 4.69) is 0 Å². The number of carbonyl (C=O) groups is 2. The zero-order chi connectivity index (χ0) is 14.0. The lowest BCUT2D eigenvalue weighted by molar-refractivity contribution is -0.138. The van der Waals surface area contributed by atoms with Crippen molar-refractivity contribution in [2.45, 2.75) is 19.8 Å². The van der Waals surface area contributed by atoms with Gasteiger partial charge < -0.3 is 14.7 Å². The Balaban J connectivity index is 2.40. The summed E-state index contributed by atoms with van der Waals surface area (Å²) in [5.74, 6) is -0.330. The predicted molar refractivity (Wildman–Crippen MR) is 70.5 cm³/mol. The fourth-order valence-electron chi connectivity index (χ4n) is 2.60. The minimum Gasteiger partial charge on any atom is -0.495 e. The molecule has 1 aliphatic rings. The molecule has 0 spiro atoms. The number of hydrogen-bond donors (Lipinski definition) is 1. The van der Waals surface area contributed by atoms with Gasteiger partial charge in [0.2, 0.25) is 5.91 Å². The number of methoxy groups -OCH3 is 1. The number of ether oxygens (including phenoxy) is 1. The van der Waals surface area contributed by atoms with Crippen LogP contribution in [0.5, 0.6) is 5.75 Å². The molecule has 1 heterocycles. The zero-order valence-corrected chi connectivity index (χ0v) is 11.0. The van der Waals surface area contributed by atoms with Crippen LogP contribution in [0.15, 0.2) is 18.2 Å². The van der Waals surface area contributed by atoms with Gasteiger partial charge in [-0.25, -0.2) is 0 Å². The molecule has 5 nitrogen and oxygen atoms in total. The summed E-state index contributed by atoms with van der Waals surface area (Å²) < 4.78 is 5.30. The Morgan fingerprint density at radius 2 is 2.21 bits per heavy atom. The van der Waals surface area contributed by atoms with Crippen LogP contribution >= 0.6 is 0 Å². The average Bonchev–Trinajstić information content (AvgIpc) is 2.35. The van der Waals surface area contributed by atoms with Crippen molar-refractivity contribution in [2.75, 3.05) is 18.6 Å².